The van der Waals surface area contributed by atoms with Crippen molar-refractivity contribution in [3.05, 3.63) is 17.3 Å². The number of aromatic nitrogens is 3. The number of hydrogen-bond acceptors (Lipinski definition) is 5. The van der Waals surface area contributed by atoms with Crippen LogP contribution < -0.4 is 16.4 Å². The number of halogens is 1. The first-order chi connectivity index (χ1) is 10.0. The van der Waals surface area contributed by atoms with E-state index in [1.165, 1.54) is 13.1 Å². The molecule has 0 aromatic carbocycles. The van der Waals surface area contributed by atoms with Gasteiger partial charge in [-0.25, -0.2) is 4.98 Å². The van der Waals surface area contributed by atoms with Gasteiger partial charge in [-0.05, 0) is 19.3 Å². The highest BCUT2D eigenvalue weighted by Gasteiger charge is 2.23. The van der Waals surface area contributed by atoms with Crippen LogP contribution in [0.15, 0.2) is 12.3 Å². The van der Waals surface area contributed by atoms with Crippen molar-refractivity contribution in [2.75, 3.05) is 10.6 Å². The number of rotatable bonds is 3. The summed E-state index contributed by atoms with van der Waals surface area (Å²) in [6.07, 6.45) is 4.46. The van der Waals surface area contributed by atoms with E-state index in [4.69, 9.17) is 17.3 Å². The maximum Gasteiger partial charge on any atom is 0.222 e. The van der Waals surface area contributed by atoms with Gasteiger partial charge in [0.15, 0.2) is 5.65 Å². The van der Waals surface area contributed by atoms with Crippen LogP contribution >= 0.6 is 11.6 Å². The lowest BCUT2D eigenvalue weighted by Gasteiger charge is -2.16. The van der Waals surface area contributed by atoms with Crippen molar-refractivity contribution >= 4 is 34.8 Å². The zero-order valence-corrected chi connectivity index (χ0v) is 12.4. The van der Waals surface area contributed by atoms with Gasteiger partial charge in [0, 0.05) is 25.1 Å². The molecule has 2 heterocycles. The highest BCUT2D eigenvalue weighted by Crippen LogP contribution is 2.26. The number of hydrogen-bond donors (Lipinski definition) is 3. The number of fused-ring (bicyclic) bond motifs is 1. The van der Waals surface area contributed by atoms with Gasteiger partial charge in [-0.2, -0.15) is 9.61 Å². The van der Waals surface area contributed by atoms with Gasteiger partial charge in [-0.1, -0.05) is 11.6 Å². The van der Waals surface area contributed by atoms with Crippen LogP contribution in [-0.4, -0.2) is 32.6 Å². The van der Waals surface area contributed by atoms with Crippen LogP contribution in [0.25, 0.3) is 5.65 Å². The molecular formula is C13H17ClN6O. The van der Waals surface area contributed by atoms with Gasteiger partial charge in [0.2, 0.25) is 5.91 Å². The van der Waals surface area contributed by atoms with Gasteiger partial charge >= 0.3 is 0 Å². The number of nitrogens with two attached hydrogens (primary N) is 1. The Kier molecular flexibility index (Phi) is 3.69. The van der Waals surface area contributed by atoms with Gasteiger partial charge in [0.05, 0.1) is 6.20 Å². The molecule has 0 saturated heterocycles. The number of nitrogens with one attached hydrogen (secondary N) is 2. The molecule has 7 nitrogen and oxygen atoms in total. The fraction of sp³-hybridized carbons (Fsp3) is 0.462. The molecule has 0 unspecified atom stereocenters. The van der Waals surface area contributed by atoms with Crippen molar-refractivity contribution in [2.45, 2.75) is 38.3 Å². The molecule has 1 aliphatic carbocycles. The second-order valence-corrected chi connectivity index (χ2v) is 5.76. The molecule has 1 aliphatic rings. The maximum absolute atomic E-state index is 11.2. The minimum absolute atomic E-state index is 0.184. The summed E-state index contributed by atoms with van der Waals surface area (Å²) in [5, 5.41) is 10.7. The molecule has 2 atom stereocenters. The van der Waals surface area contributed by atoms with Crippen LogP contribution in [0.2, 0.25) is 5.02 Å². The lowest BCUT2D eigenvalue weighted by molar-refractivity contribution is -0.114. The van der Waals surface area contributed by atoms with E-state index in [-0.39, 0.29) is 11.9 Å². The van der Waals surface area contributed by atoms with Gasteiger partial charge in [-0.3, -0.25) is 4.79 Å². The third-order valence-corrected chi connectivity index (χ3v) is 3.82. The lowest BCUT2D eigenvalue weighted by Crippen LogP contribution is -2.22. The molecule has 1 amide bonds. The van der Waals surface area contributed by atoms with Crippen LogP contribution in [-0.2, 0) is 4.79 Å². The standard InChI is InChI=1S/C13H17ClN6O/c1-7(21)17-11-5-12(18-9-3-2-8(15)4-9)20-13(19-11)10(14)6-16-20/h5-6,8-9,18H,2-4,15H2,1H3,(H,17,19,21)/t8-,9-/m1/s1. The minimum atomic E-state index is -0.184. The van der Waals surface area contributed by atoms with E-state index in [0.717, 1.165) is 25.1 Å². The maximum atomic E-state index is 11.2. The SMILES string of the molecule is CC(=O)Nc1cc(N[C@@H]2CC[C@@H](N)C2)n2ncc(Cl)c2n1. The predicted molar refractivity (Wildman–Crippen MR) is 81.5 cm³/mol. The van der Waals surface area contributed by atoms with E-state index in [9.17, 15) is 4.79 Å². The van der Waals surface area contributed by atoms with E-state index in [0.29, 0.717) is 22.5 Å². The molecule has 8 heteroatoms. The minimum Gasteiger partial charge on any atom is -0.367 e. The first kappa shape index (κ1) is 14.1. The fourth-order valence-electron chi connectivity index (χ4n) is 2.64. The molecule has 112 valence electrons. The van der Waals surface area contributed by atoms with E-state index in [2.05, 4.69) is 20.7 Å². The van der Waals surface area contributed by atoms with Crippen molar-refractivity contribution in [3.8, 4) is 0 Å². The van der Waals surface area contributed by atoms with Crippen molar-refractivity contribution in [1.82, 2.24) is 14.6 Å². The molecule has 0 radical (unpaired) electrons. The summed E-state index contributed by atoms with van der Waals surface area (Å²) in [5.74, 6) is 1.01. The average Bonchev–Trinajstić information content (AvgIpc) is 2.96. The second-order valence-electron chi connectivity index (χ2n) is 5.35. The summed E-state index contributed by atoms with van der Waals surface area (Å²) in [5.41, 5.74) is 6.45. The van der Waals surface area contributed by atoms with E-state index in [1.54, 1.807) is 10.6 Å². The Hall–Kier alpha value is -1.86. The van der Waals surface area contributed by atoms with Crippen LogP contribution in [0.3, 0.4) is 0 Å². The van der Waals surface area contributed by atoms with Crippen molar-refractivity contribution in [3.63, 3.8) is 0 Å². The van der Waals surface area contributed by atoms with E-state index >= 15 is 0 Å². The van der Waals surface area contributed by atoms with Crippen LogP contribution in [0.1, 0.15) is 26.2 Å². The largest absolute Gasteiger partial charge is 0.367 e. The molecule has 2 aromatic rings. The molecule has 0 spiro atoms. The summed E-state index contributed by atoms with van der Waals surface area (Å²) in [4.78, 5) is 15.5. The molecule has 0 aliphatic heterocycles. The Morgan fingerprint density at radius 3 is 3.00 bits per heavy atom. The van der Waals surface area contributed by atoms with E-state index in [1.807, 2.05) is 0 Å². The zero-order chi connectivity index (χ0) is 15.0. The first-order valence-electron chi connectivity index (χ1n) is 6.87. The average molecular weight is 309 g/mol. The van der Waals surface area contributed by atoms with Gasteiger partial charge in [-0.15, -0.1) is 0 Å². The summed E-state index contributed by atoms with van der Waals surface area (Å²) < 4.78 is 1.64. The highest BCUT2D eigenvalue weighted by molar-refractivity contribution is 6.33. The molecule has 1 fully saturated rings. The second kappa shape index (κ2) is 5.50. The van der Waals surface area contributed by atoms with Gasteiger partial charge < -0.3 is 16.4 Å². The Bertz CT molecular complexity index is 685. The van der Waals surface area contributed by atoms with Crippen LogP contribution in [0.5, 0.6) is 0 Å². The third-order valence-electron chi connectivity index (χ3n) is 3.56. The Labute approximate surface area is 126 Å². The van der Waals surface area contributed by atoms with Crippen LogP contribution in [0, 0.1) is 0 Å². The Morgan fingerprint density at radius 2 is 2.33 bits per heavy atom. The lowest BCUT2D eigenvalue weighted by atomic mass is 10.2. The molecule has 4 N–H and O–H groups in total. The quantitative estimate of drug-likeness (QED) is 0.800. The third kappa shape index (κ3) is 2.93. The molecule has 1 saturated carbocycles. The Morgan fingerprint density at radius 1 is 1.52 bits per heavy atom. The summed E-state index contributed by atoms with van der Waals surface area (Å²) >= 11 is 6.09. The van der Waals surface area contributed by atoms with Gasteiger partial charge in [0.1, 0.15) is 16.7 Å². The summed E-state index contributed by atoms with van der Waals surface area (Å²) in [7, 11) is 0. The Balaban J connectivity index is 1.96. The first-order valence-corrected chi connectivity index (χ1v) is 7.24. The number of amides is 1. The zero-order valence-electron chi connectivity index (χ0n) is 11.6. The fourth-order valence-corrected chi connectivity index (χ4v) is 2.81. The highest BCUT2D eigenvalue weighted by atomic mass is 35.5. The predicted octanol–water partition coefficient (Wildman–Crippen LogP) is 1.63. The number of nitrogens with zero attached hydrogens (tertiary/aromatic N) is 3. The molecular weight excluding hydrogens is 292 g/mol. The van der Waals surface area contributed by atoms with Crippen LogP contribution in [0.4, 0.5) is 11.6 Å². The van der Waals surface area contributed by atoms with Gasteiger partial charge in [0.25, 0.3) is 0 Å². The summed E-state index contributed by atoms with van der Waals surface area (Å²) in [6, 6.07) is 2.27. The topological polar surface area (TPSA) is 97.3 Å². The van der Waals surface area contributed by atoms with Crippen molar-refractivity contribution < 1.29 is 4.79 Å². The van der Waals surface area contributed by atoms with E-state index < -0.39 is 0 Å². The van der Waals surface area contributed by atoms with Crippen molar-refractivity contribution in [2.24, 2.45) is 5.73 Å². The molecule has 3 rings (SSSR count). The monoisotopic (exact) mass is 308 g/mol. The van der Waals surface area contributed by atoms with Crippen molar-refractivity contribution in [1.29, 1.82) is 0 Å². The number of anilines is 2. The smallest absolute Gasteiger partial charge is 0.222 e. The molecule has 2 aromatic heterocycles. The molecule has 0 bridgehead atoms. The number of carbonyl (C=O) groups is 1. The summed E-state index contributed by atoms with van der Waals surface area (Å²) in [6.45, 7) is 1.44. The normalized spacial score (nSPS) is 21.7. The molecule has 21 heavy (non-hydrogen) atoms. The number of carbonyl (C=O) groups excluding carboxylic acids is 1.